The molecular formula is C15H29N5. The molecule has 2 rings (SSSR count). The van der Waals surface area contributed by atoms with Gasteiger partial charge in [-0.1, -0.05) is 12.8 Å². The van der Waals surface area contributed by atoms with E-state index < -0.39 is 0 Å². The van der Waals surface area contributed by atoms with E-state index in [2.05, 4.69) is 35.5 Å². The van der Waals surface area contributed by atoms with Gasteiger partial charge in [0.2, 0.25) is 0 Å². The van der Waals surface area contributed by atoms with E-state index in [1.165, 1.54) is 44.3 Å². The number of nitrogens with two attached hydrogens (primary N) is 1. The molecule has 0 radical (unpaired) electrons. The zero-order chi connectivity index (χ0) is 14.6. The normalized spacial score (nSPS) is 19.8. The summed E-state index contributed by atoms with van der Waals surface area (Å²) in [5, 5.41) is 4.25. The molecule has 0 aromatic carbocycles. The SMILES string of the molecule is Cn1cc(CC(NN)C(C)(C)N2CCCCCC2)cn1. The molecule has 2 heterocycles. The van der Waals surface area contributed by atoms with Crippen molar-refractivity contribution >= 4 is 0 Å². The van der Waals surface area contributed by atoms with E-state index in [-0.39, 0.29) is 11.6 Å². The second-order valence-electron chi connectivity index (χ2n) is 6.50. The molecule has 0 aliphatic carbocycles. The van der Waals surface area contributed by atoms with Gasteiger partial charge < -0.3 is 0 Å². The van der Waals surface area contributed by atoms with Crippen molar-refractivity contribution in [3.8, 4) is 0 Å². The summed E-state index contributed by atoms with van der Waals surface area (Å²) in [5.74, 6) is 5.86. The molecule has 1 aromatic heterocycles. The molecule has 1 aromatic rings. The molecule has 0 bridgehead atoms. The minimum absolute atomic E-state index is 0.0505. The highest BCUT2D eigenvalue weighted by Gasteiger charge is 2.35. The lowest BCUT2D eigenvalue weighted by atomic mass is 9.88. The molecular weight excluding hydrogens is 250 g/mol. The van der Waals surface area contributed by atoms with Crippen molar-refractivity contribution in [2.75, 3.05) is 13.1 Å². The molecule has 0 amide bonds. The smallest absolute Gasteiger partial charge is 0.0522 e. The van der Waals surface area contributed by atoms with Crippen molar-refractivity contribution in [3.63, 3.8) is 0 Å². The first-order chi connectivity index (χ1) is 9.54. The first-order valence-electron chi connectivity index (χ1n) is 7.72. The van der Waals surface area contributed by atoms with Crippen LogP contribution in [0.2, 0.25) is 0 Å². The summed E-state index contributed by atoms with van der Waals surface area (Å²) < 4.78 is 1.85. The first kappa shape index (κ1) is 15.5. The standard InChI is InChI=1S/C15H29N5/c1-15(2,20-8-6-4-5-7-9-20)14(18-16)10-13-11-17-19(3)12-13/h11-12,14,18H,4-10,16H2,1-3H3. The van der Waals surface area contributed by atoms with E-state index in [0.717, 1.165) is 6.42 Å². The predicted octanol–water partition coefficient (Wildman–Crippen LogP) is 1.45. The highest BCUT2D eigenvalue weighted by atomic mass is 15.3. The third kappa shape index (κ3) is 3.59. The Kier molecular flexibility index (Phi) is 5.18. The minimum Gasteiger partial charge on any atom is -0.297 e. The van der Waals surface area contributed by atoms with Crippen molar-refractivity contribution in [1.29, 1.82) is 0 Å². The Morgan fingerprint density at radius 2 is 1.95 bits per heavy atom. The van der Waals surface area contributed by atoms with Gasteiger partial charge >= 0.3 is 0 Å². The number of aryl methyl sites for hydroxylation is 1. The highest BCUT2D eigenvalue weighted by Crippen LogP contribution is 2.25. The molecule has 5 nitrogen and oxygen atoms in total. The third-order valence-corrected chi connectivity index (χ3v) is 4.67. The number of hydrogen-bond acceptors (Lipinski definition) is 4. The van der Waals surface area contributed by atoms with Crippen LogP contribution in [-0.4, -0.2) is 39.4 Å². The van der Waals surface area contributed by atoms with Crippen molar-refractivity contribution in [1.82, 2.24) is 20.1 Å². The third-order valence-electron chi connectivity index (χ3n) is 4.67. The molecule has 0 saturated carbocycles. The van der Waals surface area contributed by atoms with Crippen LogP contribution in [-0.2, 0) is 13.5 Å². The van der Waals surface area contributed by atoms with Gasteiger partial charge in [-0.25, -0.2) is 0 Å². The molecule has 1 aliphatic heterocycles. The van der Waals surface area contributed by atoms with E-state index in [0.29, 0.717) is 0 Å². The molecule has 1 fully saturated rings. The zero-order valence-corrected chi connectivity index (χ0v) is 13.1. The Morgan fingerprint density at radius 3 is 2.45 bits per heavy atom. The summed E-state index contributed by atoms with van der Waals surface area (Å²) in [5.41, 5.74) is 4.32. The average molecular weight is 279 g/mol. The van der Waals surface area contributed by atoms with Crippen LogP contribution < -0.4 is 11.3 Å². The van der Waals surface area contributed by atoms with Crippen LogP contribution in [0.4, 0.5) is 0 Å². The quantitative estimate of drug-likeness (QED) is 0.633. The Bertz CT molecular complexity index is 404. The monoisotopic (exact) mass is 279 g/mol. The predicted molar refractivity (Wildman–Crippen MR) is 82.1 cm³/mol. The van der Waals surface area contributed by atoms with Crippen LogP contribution in [0.15, 0.2) is 12.4 Å². The number of nitrogens with zero attached hydrogens (tertiary/aromatic N) is 3. The molecule has 1 atom stereocenters. The van der Waals surface area contributed by atoms with Gasteiger partial charge in [-0.15, -0.1) is 0 Å². The summed E-state index contributed by atoms with van der Waals surface area (Å²) in [7, 11) is 1.95. The maximum Gasteiger partial charge on any atom is 0.0522 e. The van der Waals surface area contributed by atoms with Gasteiger partial charge in [0, 0.05) is 24.8 Å². The molecule has 20 heavy (non-hydrogen) atoms. The van der Waals surface area contributed by atoms with E-state index in [9.17, 15) is 0 Å². The lowest BCUT2D eigenvalue weighted by Crippen LogP contribution is -2.60. The fraction of sp³-hybridized carbons (Fsp3) is 0.800. The van der Waals surface area contributed by atoms with Crippen LogP contribution in [0.25, 0.3) is 0 Å². The Hall–Kier alpha value is -0.910. The topological polar surface area (TPSA) is 59.1 Å². The highest BCUT2D eigenvalue weighted by molar-refractivity contribution is 5.09. The molecule has 5 heteroatoms. The van der Waals surface area contributed by atoms with E-state index in [4.69, 9.17) is 5.84 Å². The van der Waals surface area contributed by atoms with Crippen molar-refractivity contribution in [3.05, 3.63) is 18.0 Å². The fourth-order valence-electron chi connectivity index (χ4n) is 3.19. The van der Waals surface area contributed by atoms with Gasteiger partial charge in [-0.05, 0) is 51.8 Å². The van der Waals surface area contributed by atoms with E-state index in [1.807, 2.05) is 17.9 Å². The van der Waals surface area contributed by atoms with E-state index >= 15 is 0 Å². The van der Waals surface area contributed by atoms with Crippen LogP contribution >= 0.6 is 0 Å². The molecule has 3 N–H and O–H groups in total. The maximum atomic E-state index is 5.86. The van der Waals surface area contributed by atoms with Crippen LogP contribution in [0, 0.1) is 0 Å². The first-order valence-corrected chi connectivity index (χ1v) is 7.72. The van der Waals surface area contributed by atoms with Gasteiger partial charge in [-0.3, -0.25) is 20.9 Å². The van der Waals surface area contributed by atoms with Gasteiger partial charge in [0.25, 0.3) is 0 Å². The average Bonchev–Trinajstić information content (AvgIpc) is 2.68. The number of aromatic nitrogens is 2. The zero-order valence-electron chi connectivity index (χ0n) is 13.1. The summed E-state index contributed by atoms with van der Waals surface area (Å²) in [4.78, 5) is 2.60. The summed E-state index contributed by atoms with van der Waals surface area (Å²) >= 11 is 0. The van der Waals surface area contributed by atoms with Gasteiger partial charge in [-0.2, -0.15) is 5.10 Å². The molecule has 1 saturated heterocycles. The van der Waals surface area contributed by atoms with Crippen LogP contribution in [0.3, 0.4) is 0 Å². The Balaban J connectivity index is 2.07. The van der Waals surface area contributed by atoms with Gasteiger partial charge in [0.15, 0.2) is 0 Å². The molecule has 1 unspecified atom stereocenters. The summed E-state index contributed by atoms with van der Waals surface area (Å²) in [6.45, 7) is 6.97. The molecule has 114 valence electrons. The van der Waals surface area contributed by atoms with Gasteiger partial charge in [0.1, 0.15) is 0 Å². The van der Waals surface area contributed by atoms with Gasteiger partial charge in [0.05, 0.1) is 6.20 Å². The Labute approximate surface area is 122 Å². The van der Waals surface area contributed by atoms with Crippen LogP contribution in [0.5, 0.6) is 0 Å². The lowest BCUT2D eigenvalue weighted by molar-refractivity contribution is 0.0835. The summed E-state index contributed by atoms with van der Waals surface area (Å²) in [6.07, 6.45) is 10.2. The van der Waals surface area contributed by atoms with Crippen molar-refractivity contribution in [2.24, 2.45) is 12.9 Å². The second-order valence-corrected chi connectivity index (χ2v) is 6.50. The Morgan fingerprint density at radius 1 is 1.30 bits per heavy atom. The maximum absolute atomic E-state index is 5.86. The van der Waals surface area contributed by atoms with Crippen LogP contribution in [0.1, 0.15) is 45.1 Å². The van der Waals surface area contributed by atoms with E-state index in [1.54, 1.807) is 0 Å². The number of hydrazine groups is 1. The largest absolute Gasteiger partial charge is 0.297 e. The minimum atomic E-state index is 0.0505. The number of nitrogens with one attached hydrogen (secondary N) is 1. The number of rotatable bonds is 5. The van der Waals surface area contributed by atoms with Crippen molar-refractivity contribution < 1.29 is 0 Å². The second kappa shape index (κ2) is 6.70. The van der Waals surface area contributed by atoms with Crippen molar-refractivity contribution in [2.45, 2.75) is 57.5 Å². The number of likely N-dealkylation sites (tertiary alicyclic amines) is 1. The summed E-state index contributed by atoms with van der Waals surface area (Å²) in [6, 6.07) is 0.227. The molecule has 1 aliphatic rings. The fourth-order valence-corrected chi connectivity index (χ4v) is 3.19. The molecule has 0 spiro atoms. The lowest BCUT2D eigenvalue weighted by Gasteiger charge is -2.43. The number of hydrogen-bond donors (Lipinski definition) is 2.